The Bertz CT molecular complexity index is 267. The highest BCUT2D eigenvalue weighted by atomic mass is 16.5. The Morgan fingerprint density at radius 3 is 2.36 bits per heavy atom. The van der Waals surface area contributed by atoms with Crippen molar-refractivity contribution in [1.82, 2.24) is 0 Å². The molecule has 0 aliphatic carbocycles. The fraction of sp³-hybridized carbons (Fsp3) is 0.500. The van der Waals surface area contributed by atoms with Crippen LogP contribution in [0.1, 0.15) is 25.3 Å². The Morgan fingerprint density at radius 2 is 1.93 bits per heavy atom. The lowest BCUT2D eigenvalue weighted by atomic mass is 9.85. The van der Waals surface area contributed by atoms with Gasteiger partial charge in [0.25, 0.3) is 0 Å². The third-order valence-corrected chi connectivity index (χ3v) is 3.09. The van der Waals surface area contributed by atoms with E-state index in [4.69, 9.17) is 10.5 Å². The minimum Gasteiger partial charge on any atom is -0.377 e. The van der Waals surface area contributed by atoms with Crippen LogP contribution in [-0.4, -0.2) is 19.3 Å². The molecule has 0 aromatic heterocycles. The van der Waals surface area contributed by atoms with Gasteiger partial charge in [0, 0.05) is 19.6 Å². The molecule has 2 nitrogen and oxygen atoms in total. The van der Waals surface area contributed by atoms with E-state index in [2.05, 4.69) is 19.1 Å². The monoisotopic (exact) mass is 193 g/mol. The maximum absolute atomic E-state index is 5.73. The minimum atomic E-state index is -0.276. The van der Waals surface area contributed by atoms with Crippen molar-refractivity contribution in [2.75, 3.05) is 13.7 Å². The standard InChI is InChI=1S/C12H19NO/c1-10(12(2,9-13)14-3)11-7-5-4-6-8-11/h4-8,10H,9,13H2,1-3H3. The SMILES string of the molecule is COC(C)(CN)C(C)c1ccccc1. The van der Waals surface area contributed by atoms with Gasteiger partial charge in [-0.1, -0.05) is 37.3 Å². The van der Waals surface area contributed by atoms with Crippen LogP contribution in [0.25, 0.3) is 0 Å². The van der Waals surface area contributed by atoms with E-state index in [0.717, 1.165) is 0 Å². The Morgan fingerprint density at radius 1 is 1.36 bits per heavy atom. The van der Waals surface area contributed by atoms with E-state index in [1.54, 1.807) is 7.11 Å². The number of hydrogen-bond acceptors (Lipinski definition) is 2. The predicted molar refractivity (Wildman–Crippen MR) is 59.3 cm³/mol. The first-order chi connectivity index (χ1) is 6.64. The van der Waals surface area contributed by atoms with Crippen LogP contribution >= 0.6 is 0 Å². The maximum atomic E-state index is 5.73. The summed E-state index contributed by atoms with van der Waals surface area (Å²) in [6.07, 6.45) is 0. The molecule has 1 aromatic carbocycles. The fourth-order valence-corrected chi connectivity index (χ4v) is 1.53. The number of nitrogens with two attached hydrogens (primary N) is 1. The molecule has 0 amide bonds. The zero-order valence-corrected chi connectivity index (χ0v) is 9.16. The van der Waals surface area contributed by atoms with Crippen molar-refractivity contribution >= 4 is 0 Å². The third kappa shape index (κ3) is 2.14. The zero-order chi connectivity index (χ0) is 10.6. The number of rotatable bonds is 4. The molecule has 0 fully saturated rings. The molecule has 0 aliphatic heterocycles. The molecule has 0 saturated heterocycles. The molecular weight excluding hydrogens is 174 g/mol. The van der Waals surface area contributed by atoms with Crippen LogP contribution in [0, 0.1) is 0 Å². The highest BCUT2D eigenvalue weighted by molar-refractivity contribution is 5.22. The van der Waals surface area contributed by atoms with E-state index in [1.165, 1.54) is 5.56 Å². The molecular formula is C12H19NO. The van der Waals surface area contributed by atoms with Crippen LogP contribution in [0.15, 0.2) is 30.3 Å². The fourth-order valence-electron chi connectivity index (χ4n) is 1.53. The molecule has 0 radical (unpaired) electrons. The van der Waals surface area contributed by atoms with Gasteiger partial charge in [0.2, 0.25) is 0 Å². The second kappa shape index (κ2) is 4.58. The van der Waals surface area contributed by atoms with Crippen LogP contribution in [0.2, 0.25) is 0 Å². The average Bonchev–Trinajstić information content (AvgIpc) is 2.28. The van der Waals surface area contributed by atoms with Crippen molar-refractivity contribution in [3.8, 4) is 0 Å². The van der Waals surface area contributed by atoms with E-state index in [1.807, 2.05) is 25.1 Å². The molecule has 2 unspecified atom stereocenters. The van der Waals surface area contributed by atoms with Crippen molar-refractivity contribution < 1.29 is 4.74 Å². The van der Waals surface area contributed by atoms with E-state index in [0.29, 0.717) is 12.5 Å². The van der Waals surface area contributed by atoms with Crippen molar-refractivity contribution in [3.63, 3.8) is 0 Å². The van der Waals surface area contributed by atoms with Crippen LogP contribution in [0.3, 0.4) is 0 Å². The highest BCUT2D eigenvalue weighted by Gasteiger charge is 2.30. The summed E-state index contributed by atoms with van der Waals surface area (Å²) in [7, 11) is 1.71. The summed E-state index contributed by atoms with van der Waals surface area (Å²) in [6, 6.07) is 10.3. The predicted octanol–water partition coefficient (Wildman–Crippen LogP) is 2.15. The van der Waals surface area contributed by atoms with Crippen LogP contribution in [0.5, 0.6) is 0 Å². The molecule has 2 atom stereocenters. The molecule has 0 saturated carbocycles. The van der Waals surface area contributed by atoms with Gasteiger partial charge in [-0.3, -0.25) is 0 Å². The second-order valence-electron chi connectivity index (χ2n) is 3.85. The molecule has 0 aliphatic rings. The van der Waals surface area contributed by atoms with Gasteiger partial charge in [-0.05, 0) is 12.5 Å². The summed E-state index contributed by atoms with van der Waals surface area (Å²) in [4.78, 5) is 0. The summed E-state index contributed by atoms with van der Waals surface area (Å²) in [5, 5.41) is 0. The number of methoxy groups -OCH3 is 1. The van der Waals surface area contributed by atoms with Crippen LogP contribution in [-0.2, 0) is 4.74 Å². The minimum absolute atomic E-state index is 0.276. The third-order valence-electron chi connectivity index (χ3n) is 3.09. The van der Waals surface area contributed by atoms with Gasteiger partial charge in [0.1, 0.15) is 0 Å². The van der Waals surface area contributed by atoms with E-state index in [-0.39, 0.29) is 5.60 Å². The first-order valence-corrected chi connectivity index (χ1v) is 4.94. The average molecular weight is 193 g/mol. The van der Waals surface area contributed by atoms with Crippen LogP contribution < -0.4 is 5.73 Å². The Kier molecular flexibility index (Phi) is 3.67. The lowest BCUT2D eigenvalue weighted by molar-refractivity contribution is -0.00533. The number of benzene rings is 1. The van der Waals surface area contributed by atoms with Crippen molar-refractivity contribution in [1.29, 1.82) is 0 Å². The summed E-state index contributed by atoms with van der Waals surface area (Å²) in [5.41, 5.74) is 6.72. The summed E-state index contributed by atoms with van der Waals surface area (Å²) < 4.78 is 5.48. The lowest BCUT2D eigenvalue weighted by Crippen LogP contribution is -2.41. The zero-order valence-electron chi connectivity index (χ0n) is 9.16. The Hall–Kier alpha value is -0.860. The number of ether oxygens (including phenoxy) is 1. The highest BCUT2D eigenvalue weighted by Crippen LogP contribution is 2.29. The second-order valence-corrected chi connectivity index (χ2v) is 3.85. The molecule has 1 aromatic rings. The van der Waals surface area contributed by atoms with E-state index >= 15 is 0 Å². The Labute approximate surface area is 86.1 Å². The van der Waals surface area contributed by atoms with Crippen molar-refractivity contribution in [3.05, 3.63) is 35.9 Å². The van der Waals surface area contributed by atoms with Gasteiger partial charge in [0.05, 0.1) is 5.60 Å². The van der Waals surface area contributed by atoms with Gasteiger partial charge >= 0.3 is 0 Å². The Balaban J connectivity index is 2.89. The van der Waals surface area contributed by atoms with Crippen LogP contribution in [0.4, 0.5) is 0 Å². The topological polar surface area (TPSA) is 35.2 Å². The lowest BCUT2D eigenvalue weighted by Gasteiger charge is -2.33. The summed E-state index contributed by atoms with van der Waals surface area (Å²) in [6.45, 7) is 4.72. The van der Waals surface area contributed by atoms with E-state index in [9.17, 15) is 0 Å². The van der Waals surface area contributed by atoms with E-state index < -0.39 is 0 Å². The molecule has 0 bridgehead atoms. The molecule has 78 valence electrons. The van der Waals surface area contributed by atoms with Crippen molar-refractivity contribution in [2.24, 2.45) is 5.73 Å². The van der Waals surface area contributed by atoms with Gasteiger partial charge < -0.3 is 10.5 Å². The quantitative estimate of drug-likeness (QED) is 0.795. The van der Waals surface area contributed by atoms with Gasteiger partial charge in [-0.2, -0.15) is 0 Å². The maximum Gasteiger partial charge on any atom is 0.0837 e. The smallest absolute Gasteiger partial charge is 0.0837 e. The first kappa shape index (κ1) is 11.2. The molecule has 14 heavy (non-hydrogen) atoms. The van der Waals surface area contributed by atoms with Gasteiger partial charge in [-0.25, -0.2) is 0 Å². The number of hydrogen-bond donors (Lipinski definition) is 1. The first-order valence-electron chi connectivity index (χ1n) is 4.94. The van der Waals surface area contributed by atoms with Crippen molar-refractivity contribution in [2.45, 2.75) is 25.4 Å². The molecule has 1 rings (SSSR count). The molecule has 2 N–H and O–H groups in total. The molecule has 0 heterocycles. The van der Waals surface area contributed by atoms with Gasteiger partial charge in [0.15, 0.2) is 0 Å². The summed E-state index contributed by atoms with van der Waals surface area (Å²) >= 11 is 0. The van der Waals surface area contributed by atoms with Gasteiger partial charge in [-0.15, -0.1) is 0 Å². The molecule has 0 spiro atoms. The normalized spacial score (nSPS) is 17.4. The summed E-state index contributed by atoms with van der Waals surface area (Å²) in [5.74, 6) is 0.304. The molecule has 2 heteroatoms. The largest absolute Gasteiger partial charge is 0.377 e.